The van der Waals surface area contributed by atoms with Crippen molar-refractivity contribution >= 4 is 0 Å². The Balaban J connectivity index is 1.91. The Kier molecular flexibility index (Phi) is 3.86. The molecule has 1 aliphatic heterocycles. The number of piperidine rings is 1. The van der Waals surface area contributed by atoms with Crippen molar-refractivity contribution in [2.45, 2.75) is 51.9 Å². The van der Waals surface area contributed by atoms with Crippen LogP contribution in [0.5, 0.6) is 0 Å². The lowest BCUT2D eigenvalue weighted by molar-refractivity contribution is 0.134. The minimum absolute atomic E-state index is 1.01. The summed E-state index contributed by atoms with van der Waals surface area (Å²) in [7, 11) is 0. The average Bonchev–Trinajstić information content (AvgIpc) is 2.30. The summed E-state index contributed by atoms with van der Waals surface area (Å²) < 4.78 is 0. The van der Waals surface area contributed by atoms with Gasteiger partial charge in [-0.15, -0.1) is 0 Å². The first kappa shape index (κ1) is 10.5. The maximum Gasteiger partial charge on any atom is -0.00178 e. The zero-order valence-electron chi connectivity index (χ0n) is 9.60. The molecule has 0 amide bonds. The molecule has 1 nitrogen and oxygen atoms in total. The van der Waals surface area contributed by atoms with Crippen molar-refractivity contribution in [3.05, 3.63) is 0 Å². The molecule has 0 aromatic carbocycles. The van der Waals surface area contributed by atoms with Gasteiger partial charge in [0.05, 0.1) is 0 Å². The van der Waals surface area contributed by atoms with Crippen molar-refractivity contribution in [2.75, 3.05) is 13.1 Å². The van der Waals surface area contributed by atoms with Gasteiger partial charge in [-0.25, -0.2) is 0 Å². The summed E-state index contributed by atoms with van der Waals surface area (Å²) in [6.45, 7) is 4.96. The van der Waals surface area contributed by atoms with Crippen LogP contribution in [0.25, 0.3) is 0 Å². The lowest BCUT2D eigenvalue weighted by atomic mass is 9.69. The van der Waals surface area contributed by atoms with Gasteiger partial charge in [0.15, 0.2) is 0 Å². The average molecular weight is 195 g/mol. The van der Waals surface area contributed by atoms with Crippen molar-refractivity contribution in [1.29, 1.82) is 0 Å². The van der Waals surface area contributed by atoms with E-state index in [1.165, 1.54) is 58.0 Å². The Morgan fingerprint density at radius 1 is 1.07 bits per heavy atom. The van der Waals surface area contributed by atoms with Crippen LogP contribution >= 0.6 is 0 Å². The van der Waals surface area contributed by atoms with E-state index in [1.54, 1.807) is 0 Å². The summed E-state index contributed by atoms with van der Waals surface area (Å²) in [5, 5.41) is 3.58. The molecule has 0 radical (unpaired) electrons. The van der Waals surface area contributed by atoms with E-state index >= 15 is 0 Å². The summed E-state index contributed by atoms with van der Waals surface area (Å²) in [4.78, 5) is 0. The van der Waals surface area contributed by atoms with Crippen molar-refractivity contribution in [1.82, 2.24) is 5.32 Å². The monoisotopic (exact) mass is 195 g/mol. The minimum Gasteiger partial charge on any atom is -0.316 e. The lowest BCUT2D eigenvalue weighted by Crippen LogP contribution is -2.37. The molecule has 0 aromatic heterocycles. The van der Waals surface area contributed by atoms with Crippen molar-refractivity contribution in [3.8, 4) is 0 Å². The third kappa shape index (κ3) is 2.31. The van der Waals surface area contributed by atoms with E-state index in [4.69, 9.17) is 0 Å². The zero-order valence-corrected chi connectivity index (χ0v) is 9.60. The predicted molar refractivity (Wildman–Crippen MR) is 61.3 cm³/mol. The van der Waals surface area contributed by atoms with Crippen molar-refractivity contribution < 1.29 is 0 Å². The maximum atomic E-state index is 3.58. The van der Waals surface area contributed by atoms with Gasteiger partial charge < -0.3 is 5.32 Å². The highest BCUT2D eigenvalue weighted by molar-refractivity contribution is 4.83. The fourth-order valence-corrected chi connectivity index (χ4v) is 3.61. The largest absolute Gasteiger partial charge is 0.316 e. The molecule has 82 valence electrons. The second kappa shape index (κ2) is 5.16. The Morgan fingerprint density at radius 3 is 2.64 bits per heavy atom. The van der Waals surface area contributed by atoms with E-state index < -0.39 is 0 Å². The Morgan fingerprint density at radius 2 is 1.93 bits per heavy atom. The van der Waals surface area contributed by atoms with Gasteiger partial charge in [0.25, 0.3) is 0 Å². The minimum atomic E-state index is 1.01. The van der Waals surface area contributed by atoms with Gasteiger partial charge in [0.2, 0.25) is 0 Å². The second-order valence-corrected chi connectivity index (χ2v) is 5.22. The molecule has 1 heterocycles. The maximum absolute atomic E-state index is 3.58. The van der Waals surface area contributed by atoms with Gasteiger partial charge in [-0.2, -0.15) is 0 Å². The smallest absolute Gasteiger partial charge is 0.00178 e. The molecule has 1 N–H and O–H groups in total. The quantitative estimate of drug-likeness (QED) is 0.713. The third-order valence-corrected chi connectivity index (χ3v) is 4.43. The van der Waals surface area contributed by atoms with Gasteiger partial charge >= 0.3 is 0 Å². The van der Waals surface area contributed by atoms with Crippen LogP contribution in [0, 0.1) is 17.8 Å². The molecular formula is C13H25N. The fraction of sp³-hybridized carbons (Fsp3) is 1.00. The van der Waals surface area contributed by atoms with Gasteiger partial charge in [0.1, 0.15) is 0 Å². The third-order valence-electron chi connectivity index (χ3n) is 4.43. The first-order chi connectivity index (χ1) is 6.92. The summed E-state index contributed by atoms with van der Waals surface area (Å²) in [6, 6.07) is 0. The molecule has 1 heteroatoms. The number of hydrogen-bond donors (Lipinski definition) is 1. The van der Waals surface area contributed by atoms with Gasteiger partial charge in [0, 0.05) is 0 Å². The molecule has 1 aliphatic carbocycles. The number of nitrogens with one attached hydrogen (secondary N) is 1. The molecule has 1 saturated carbocycles. The second-order valence-electron chi connectivity index (χ2n) is 5.22. The molecule has 3 unspecified atom stereocenters. The van der Waals surface area contributed by atoms with Crippen LogP contribution in [-0.2, 0) is 0 Å². The van der Waals surface area contributed by atoms with Crippen LogP contribution in [0.1, 0.15) is 51.9 Å². The van der Waals surface area contributed by atoms with Crippen LogP contribution < -0.4 is 5.32 Å². The summed E-state index contributed by atoms with van der Waals surface area (Å²) >= 11 is 0. The summed E-state index contributed by atoms with van der Waals surface area (Å²) in [6.07, 6.45) is 10.3. The van der Waals surface area contributed by atoms with E-state index in [0.29, 0.717) is 0 Å². The molecule has 0 spiro atoms. The molecule has 2 fully saturated rings. The highest BCUT2D eigenvalue weighted by Crippen LogP contribution is 2.39. The van der Waals surface area contributed by atoms with Crippen molar-refractivity contribution in [3.63, 3.8) is 0 Å². The summed E-state index contributed by atoms with van der Waals surface area (Å²) in [5.41, 5.74) is 0. The molecule has 2 rings (SSSR count). The van der Waals surface area contributed by atoms with Crippen molar-refractivity contribution in [2.24, 2.45) is 17.8 Å². The lowest BCUT2D eigenvalue weighted by Gasteiger charge is -2.39. The standard InChI is InChI=1S/C13H25N/c1-2-11-6-3-4-8-13(11)12-7-5-9-14-10-12/h11-14H,2-10H2,1H3. The first-order valence-corrected chi connectivity index (χ1v) is 6.62. The van der Waals surface area contributed by atoms with Crippen LogP contribution in [-0.4, -0.2) is 13.1 Å². The topological polar surface area (TPSA) is 12.0 Å². The fourth-order valence-electron chi connectivity index (χ4n) is 3.61. The molecule has 1 saturated heterocycles. The van der Waals surface area contributed by atoms with Gasteiger partial charge in [-0.3, -0.25) is 0 Å². The zero-order chi connectivity index (χ0) is 9.80. The van der Waals surface area contributed by atoms with Gasteiger partial charge in [-0.1, -0.05) is 32.6 Å². The van der Waals surface area contributed by atoms with Crippen LogP contribution in [0.4, 0.5) is 0 Å². The first-order valence-electron chi connectivity index (χ1n) is 6.62. The Bertz CT molecular complexity index is 161. The van der Waals surface area contributed by atoms with E-state index in [-0.39, 0.29) is 0 Å². The highest BCUT2D eigenvalue weighted by Gasteiger charge is 2.31. The Hall–Kier alpha value is -0.0400. The molecule has 14 heavy (non-hydrogen) atoms. The van der Waals surface area contributed by atoms with Crippen LogP contribution in [0.2, 0.25) is 0 Å². The van der Waals surface area contributed by atoms with E-state index in [1.807, 2.05) is 0 Å². The SMILES string of the molecule is CCC1CCCCC1C1CCCNC1. The molecular weight excluding hydrogens is 170 g/mol. The number of rotatable bonds is 2. The molecule has 2 aliphatic rings. The Labute approximate surface area is 88.7 Å². The van der Waals surface area contributed by atoms with E-state index in [2.05, 4.69) is 12.2 Å². The molecule has 3 atom stereocenters. The molecule has 0 bridgehead atoms. The van der Waals surface area contributed by atoms with E-state index in [9.17, 15) is 0 Å². The van der Waals surface area contributed by atoms with Crippen LogP contribution in [0.15, 0.2) is 0 Å². The highest BCUT2D eigenvalue weighted by atomic mass is 14.9. The van der Waals surface area contributed by atoms with Gasteiger partial charge in [-0.05, 0) is 50.1 Å². The normalized spacial score (nSPS) is 39.6. The number of hydrogen-bond acceptors (Lipinski definition) is 1. The molecule has 0 aromatic rings. The summed E-state index contributed by atoms with van der Waals surface area (Å²) in [5.74, 6) is 3.11. The van der Waals surface area contributed by atoms with Crippen LogP contribution in [0.3, 0.4) is 0 Å². The predicted octanol–water partition coefficient (Wildman–Crippen LogP) is 3.20. The van der Waals surface area contributed by atoms with E-state index in [0.717, 1.165) is 17.8 Å².